The number of benzene rings is 2. The molecule has 0 amide bonds. The Morgan fingerprint density at radius 3 is 2.33 bits per heavy atom. The van der Waals surface area contributed by atoms with Gasteiger partial charge in [0.15, 0.2) is 5.78 Å². The topological polar surface area (TPSA) is 34.1 Å². The van der Waals surface area contributed by atoms with Gasteiger partial charge >= 0.3 is 0 Å². The standard InChI is InChI=1S/C18H20O2S/c1-3-15-8-10-16(11-9-15)18(19)13-21(20)12-17-7-5-4-6-14(17)2/h4-11H,3,12-13H2,1-2H3. The molecule has 2 rings (SSSR count). The van der Waals surface area contributed by atoms with Crippen LogP contribution in [0.4, 0.5) is 0 Å². The molecule has 0 heterocycles. The fourth-order valence-corrected chi connectivity index (χ4v) is 3.38. The molecule has 0 saturated heterocycles. The van der Waals surface area contributed by atoms with Crippen LogP contribution in [0.15, 0.2) is 48.5 Å². The van der Waals surface area contributed by atoms with Crippen molar-refractivity contribution >= 4 is 16.6 Å². The van der Waals surface area contributed by atoms with Crippen LogP contribution in [0.25, 0.3) is 0 Å². The number of carbonyl (C=O) groups is 1. The van der Waals surface area contributed by atoms with Crippen LogP contribution in [0.3, 0.4) is 0 Å². The molecule has 2 nitrogen and oxygen atoms in total. The zero-order valence-electron chi connectivity index (χ0n) is 12.5. The van der Waals surface area contributed by atoms with E-state index >= 15 is 0 Å². The second-order valence-electron chi connectivity index (χ2n) is 5.13. The summed E-state index contributed by atoms with van der Waals surface area (Å²) < 4.78 is 12.2. The van der Waals surface area contributed by atoms with Gasteiger partial charge in [-0.05, 0) is 30.0 Å². The zero-order chi connectivity index (χ0) is 15.2. The summed E-state index contributed by atoms with van der Waals surface area (Å²) in [7, 11) is -1.17. The van der Waals surface area contributed by atoms with Crippen molar-refractivity contribution in [1.82, 2.24) is 0 Å². The maximum Gasteiger partial charge on any atom is 0.175 e. The smallest absolute Gasteiger partial charge is 0.175 e. The fraction of sp³-hybridized carbons (Fsp3) is 0.278. The fourth-order valence-electron chi connectivity index (χ4n) is 2.15. The molecule has 0 saturated carbocycles. The number of rotatable bonds is 6. The van der Waals surface area contributed by atoms with Crippen LogP contribution in [0.2, 0.25) is 0 Å². The van der Waals surface area contributed by atoms with Crippen molar-refractivity contribution in [3.05, 3.63) is 70.8 Å². The van der Waals surface area contributed by atoms with Crippen molar-refractivity contribution in [3.63, 3.8) is 0 Å². The van der Waals surface area contributed by atoms with E-state index in [2.05, 4.69) is 6.92 Å². The van der Waals surface area contributed by atoms with Crippen LogP contribution in [-0.4, -0.2) is 15.7 Å². The minimum Gasteiger partial charge on any atom is -0.293 e. The van der Waals surface area contributed by atoms with Crippen LogP contribution < -0.4 is 0 Å². The van der Waals surface area contributed by atoms with Crippen LogP contribution >= 0.6 is 0 Å². The maximum absolute atomic E-state index is 12.2. The lowest BCUT2D eigenvalue weighted by Gasteiger charge is -2.06. The Labute approximate surface area is 128 Å². The molecule has 0 aliphatic heterocycles. The van der Waals surface area contributed by atoms with Gasteiger partial charge in [-0.15, -0.1) is 0 Å². The average Bonchev–Trinajstić information content (AvgIpc) is 2.49. The van der Waals surface area contributed by atoms with Crippen LogP contribution in [-0.2, 0) is 23.0 Å². The van der Waals surface area contributed by atoms with E-state index in [-0.39, 0.29) is 11.5 Å². The predicted octanol–water partition coefficient (Wildman–Crippen LogP) is 3.69. The normalized spacial score (nSPS) is 12.1. The van der Waals surface area contributed by atoms with E-state index in [9.17, 15) is 9.00 Å². The lowest BCUT2D eigenvalue weighted by Crippen LogP contribution is -2.12. The van der Waals surface area contributed by atoms with Gasteiger partial charge in [0.05, 0.1) is 5.75 Å². The van der Waals surface area contributed by atoms with Gasteiger partial charge in [-0.2, -0.15) is 0 Å². The van der Waals surface area contributed by atoms with Gasteiger partial charge in [0.2, 0.25) is 0 Å². The SMILES string of the molecule is CCc1ccc(C(=O)CS(=O)Cc2ccccc2C)cc1. The van der Waals surface area contributed by atoms with E-state index in [1.165, 1.54) is 5.56 Å². The number of hydrogen-bond donors (Lipinski definition) is 0. The molecule has 0 bridgehead atoms. The molecule has 0 fully saturated rings. The summed E-state index contributed by atoms with van der Waals surface area (Å²) >= 11 is 0. The van der Waals surface area contributed by atoms with E-state index < -0.39 is 10.8 Å². The Kier molecular flexibility index (Phi) is 5.45. The average molecular weight is 300 g/mol. The monoisotopic (exact) mass is 300 g/mol. The van der Waals surface area contributed by atoms with Gasteiger partial charge in [-0.25, -0.2) is 0 Å². The molecule has 2 aromatic carbocycles. The van der Waals surface area contributed by atoms with E-state index in [0.29, 0.717) is 11.3 Å². The third-order valence-electron chi connectivity index (χ3n) is 3.55. The van der Waals surface area contributed by atoms with Crippen molar-refractivity contribution in [3.8, 4) is 0 Å². The highest BCUT2D eigenvalue weighted by molar-refractivity contribution is 7.85. The third kappa shape index (κ3) is 4.36. The lowest BCUT2D eigenvalue weighted by molar-refractivity contribution is 0.102. The largest absolute Gasteiger partial charge is 0.293 e. The molecular formula is C18H20O2S. The molecule has 1 unspecified atom stereocenters. The molecule has 0 aliphatic rings. The minimum absolute atomic E-state index is 0.0513. The second-order valence-corrected chi connectivity index (χ2v) is 6.59. The molecule has 0 N–H and O–H groups in total. The van der Waals surface area contributed by atoms with Crippen molar-refractivity contribution < 1.29 is 9.00 Å². The molecule has 0 spiro atoms. The first-order valence-corrected chi connectivity index (χ1v) is 8.60. The summed E-state index contributed by atoms with van der Waals surface area (Å²) in [5.74, 6) is 0.468. The maximum atomic E-state index is 12.2. The Bertz CT molecular complexity index is 645. The van der Waals surface area contributed by atoms with Crippen molar-refractivity contribution in [2.24, 2.45) is 0 Å². The number of aryl methyl sites for hydroxylation is 2. The highest BCUT2D eigenvalue weighted by Crippen LogP contribution is 2.11. The van der Waals surface area contributed by atoms with E-state index in [1.807, 2.05) is 55.5 Å². The van der Waals surface area contributed by atoms with Gasteiger partial charge in [0.25, 0.3) is 0 Å². The summed E-state index contributed by atoms with van der Waals surface area (Å²) in [6.45, 7) is 4.08. The second kappa shape index (κ2) is 7.32. The van der Waals surface area contributed by atoms with Gasteiger partial charge in [-0.3, -0.25) is 9.00 Å². The van der Waals surface area contributed by atoms with E-state index in [0.717, 1.165) is 17.5 Å². The third-order valence-corrected chi connectivity index (χ3v) is 4.77. The van der Waals surface area contributed by atoms with Crippen LogP contribution in [0.1, 0.15) is 34.0 Å². The molecule has 21 heavy (non-hydrogen) atoms. The molecule has 0 aromatic heterocycles. The van der Waals surface area contributed by atoms with Crippen molar-refractivity contribution in [2.45, 2.75) is 26.0 Å². The first-order valence-electron chi connectivity index (χ1n) is 7.11. The minimum atomic E-state index is -1.17. The highest BCUT2D eigenvalue weighted by atomic mass is 32.2. The van der Waals surface area contributed by atoms with Crippen LogP contribution in [0, 0.1) is 6.92 Å². The molecule has 3 heteroatoms. The van der Waals surface area contributed by atoms with Crippen LogP contribution in [0.5, 0.6) is 0 Å². The molecular weight excluding hydrogens is 280 g/mol. The van der Waals surface area contributed by atoms with Gasteiger partial charge in [0, 0.05) is 22.1 Å². The molecule has 2 aromatic rings. The Morgan fingerprint density at radius 2 is 1.71 bits per heavy atom. The number of Topliss-reactive ketones (excluding diaryl/α,β-unsaturated/α-hetero) is 1. The zero-order valence-corrected chi connectivity index (χ0v) is 13.3. The van der Waals surface area contributed by atoms with E-state index in [4.69, 9.17) is 0 Å². The lowest BCUT2D eigenvalue weighted by atomic mass is 10.1. The summed E-state index contributed by atoms with van der Waals surface area (Å²) in [5.41, 5.74) is 4.01. The van der Waals surface area contributed by atoms with Crippen molar-refractivity contribution in [1.29, 1.82) is 0 Å². The van der Waals surface area contributed by atoms with Crippen molar-refractivity contribution in [2.75, 3.05) is 5.75 Å². The number of hydrogen-bond acceptors (Lipinski definition) is 2. The summed E-state index contributed by atoms with van der Waals surface area (Å²) in [6.07, 6.45) is 0.952. The summed E-state index contributed by atoms with van der Waals surface area (Å²) in [5, 5.41) is 0. The molecule has 110 valence electrons. The first-order chi connectivity index (χ1) is 10.1. The molecule has 1 atom stereocenters. The van der Waals surface area contributed by atoms with Gasteiger partial charge < -0.3 is 0 Å². The summed E-state index contributed by atoms with van der Waals surface area (Å²) in [6, 6.07) is 15.4. The number of ketones is 1. The Balaban J connectivity index is 1.98. The van der Waals surface area contributed by atoms with E-state index in [1.54, 1.807) is 0 Å². The first kappa shape index (κ1) is 15.6. The van der Waals surface area contributed by atoms with Gasteiger partial charge in [-0.1, -0.05) is 55.5 Å². The Morgan fingerprint density at radius 1 is 1.05 bits per heavy atom. The summed E-state index contributed by atoms with van der Waals surface area (Å²) in [4.78, 5) is 12.1. The molecule has 0 aliphatic carbocycles. The van der Waals surface area contributed by atoms with Gasteiger partial charge in [0.1, 0.15) is 0 Å². The highest BCUT2D eigenvalue weighted by Gasteiger charge is 2.12. The Hall–Kier alpha value is -1.74. The predicted molar refractivity (Wildman–Crippen MR) is 88.0 cm³/mol. The quantitative estimate of drug-likeness (QED) is 0.762. The molecule has 0 radical (unpaired) electrons. The number of carbonyl (C=O) groups excluding carboxylic acids is 1.